The number of para-hydroxylation sites is 2. The largest absolute Gasteiger partial charge is 0.457 e. The number of aliphatic hydroxyl groups is 1. The van der Waals surface area contributed by atoms with E-state index in [1.54, 1.807) is 0 Å². The van der Waals surface area contributed by atoms with E-state index < -0.39 is 6.10 Å². The molecule has 6 rings (SSSR count). The fourth-order valence-corrected chi connectivity index (χ4v) is 6.33. The van der Waals surface area contributed by atoms with E-state index in [0.29, 0.717) is 26.1 Å². The lowest BCUT2D eigenvalue weighted by Crippen LogP contribution is -2.56. The van der Waals surface area contributed by atoms with Gasteiger partial charge in [-0.1, -0.05) is 48.5 Å². The second-order valence-electron chi connectivity index (χ2n) is 11.5. The van der Waals surface area contributed by atoms with Crippen molar-refractivity contribution in [3.05, 3.63) is 90.5 Å². The zero-order valence-electron chi connectivity index (χ0n) is 24.1. The third-order valence-corrected chi connectivity index (χ3v) is 8.53. The third kappa shape index (κ3) is 7.31. The molecule has 3 aliphatic rings. The van der Waals surface area contributed by atoms with Crippen LogP contribution in [0.4, 0.5) is 5.69 Å². The van der Waals surface area contributed by atoms with Crippen molar-refractivity contribution in [1.82, 2.24) is 9.80 Å². The molecule has 0 aromatic heterocycles. The Labute approximate surface area is 248 Å². The fraction of sp³-hybridized carbons (Fsp3) is 0.441. The van der Waals surface area contributed by atoms with Crippen molar-refractivity contribution < 1.29 is 24.1 Å². The van der Waals surface area contributed by atoms with Crippen LogP contribution in [0.2, 0.25) is 0 Å². The number of hydrogen-bond donors (Lipinski definition) is 1. The average molecular weight is 572 g/mol. The summed E-state index contributed by atoms with van der Waals surface area (Å²) in [4.78, 5) is 19.9. The molecule has 0 spiro atoms. The van der Waals surface area contributed by atoms with E-state index in [-0.39, 0.29) is 30.8 Å². The molecular formula is C34H41N3O5. The molecule has 1 N–H and O–H groups in total. The summed E-state index contributed by atoms with van der Waals surface area (Å²) in [7, 11) is 0. The standard InChI is InChI=1S/C34H41N3O5/c38-28-23-37(22-26-11-13-30(14-12-26)41-29-9-5-2-6-10-29)32-16-15-31(42-33(32)25-40-24-28)21-34(39)36-19-17-35(18-20-36)27-7-3-1-4-8-27/h1-14,28,31-33,38H,15-25H2/t28-,31-,32+,33-/m0/s1. The molecule has 3 aromatic carbocycles. The van der Waals surface area contributed by atoms with Crippen LogP contribution < -0.4 is 9.64 Å². The van der Waals surface area contributed by atoms with Gasteiger partial charge in [0.2, 0.25) is 5.91 Å². The fourth-order valence-electron chi connectivity index (χ4n) is 6.33. The minimum absolute atomic E-state index is 0.112. The molecular weight excluding hydrogens is 530 g/mol. The molecule has 0 bridgehead atoms. The smallest absolute Gasteiger partial charge is 0.225 e. The Morgan fingerprint density at radius 1 is 0.833 bits per heavy atom. The molecule has 3 saturated heterocycles. The summed E-state index contributed by atoms with van der Waals surface area (Å²) in [5.74, 6) is 1.77. The van der Waals surface area contributed by atoms with Gasteiger partial charge in [-0.3, -0.25) is 9.69 Å². The van der Waals surface area contributed by atoms with E-state index in [1.165, 1.54) is 5.69 Å². The number of amides is 1. The highest BCUT2D eigenvalue weighted by Gasteiger charge is 2.38. The van der Waals surface area contributed by atoms with Crippen LogP contribution in [0.25, 0.3) is 0 Å². The van der Waals surface area contributed by atoms with Gasteiger partial charge in [0.05, 0.1) is 37.9 Å². The van der Waals surface area contributed by atoms with Gasteiger partial charge in [0.1, 0.15) is 11.5 Å². The summed E-state index contributed by atoms with van der Waals surface area (Å²) in [5.41, 5.74) is 2.36. The lowest BCUT2D eigenvalue weighted by molar-refractivity contribution is -0.161. The van der Waals surface area contributed by atoms with Crippen LogP contribution >= 0.6 is 0 Å². The molecule has 0 unspecified atom stereocenters. The highest BCUT2D eigenvalue weighted by Crippen LogP contribution is 2.30. The van der Waals surface area contributed by atoms with Crippen molar-refractivity contribution in [2.45, 2.75) is 50.2 Å². The number of piperazine rings is 1. The van der Waals surface area contributed by atoms with E-state index in [9.17, 15) is 9.90 Å². The van der Waals surface area contributed by atoms with Crippen molar-refractivity contribution in [3.8, 4) is 11.5 Å². The van der Waals surface area contributed by atoms with Crippen molar-refractivity contribution in [1.29, 1.82) is 0 Å². The summed E-state index contributed by atoms with van der Waals surface area (Å²) in [5, 5.41) is 10.6. The Kier molecular flexibility index (Phi) is 9.35. The Morgan fingerprint density at radius 2 is 1.52 bits per heavy atom. The first-order valence-corrected chi connectivity index (χ1v) is 15.2. The maximum Gasteiger partial charge on any atom is 0.225 e. The first-order chi connectivity index (χ1) is 20.6. The highest BCUT2D eigenvalue weighted by atomic mass is 16.5. The Bertz CT molecular complexity index is 1270. The van der Waals surface area contributed by atoms with Crippen LogP contribution in [0, 0.1) is 0 Å². The number of benzene rings is 3. The molecule has 8 nitrogen and oxygen atoms in total. The average Bonchev–Trinajstić information content (AvgIpc) is 3.02. The summed E-state index contributed by atoms with van der Waals surface area (Å²) in [6.07, 6.45) is 1.30. The molecule has 4 atom stereocenters. The molecule has 0 saturated carbocycles. The van der Waals surface area contributed by atoms with Crippen LogP contribution in [0.5, 0.6) is 11.5 Å². The maximum absolute atomic E-state index is 13.2. The number of nitrogens with zero attached hydrogens (tertiary/aromatic N) is 3. The molecule has 8 heteroatoms. The summed E-state index contributed by atoms with van der Waals surface area (Å²) in [6, 6.07) is 28.4. The number of β-amino-alcohol motifs (C(OH)–C–C–N with tert-alkyl or cyclic N) is 1. The van der Waals surface area contributed by atoms with E-state index in [2.05, 4.69) is 46.2 Å². The summed E-state index contributed by atoms with van der Waals surface area (Å²) < 4.78 is 18.3. The number of fused-ring (bicyclic) bond motifs is 1. The quantitative estimate of drug-likeness (QED) is 0.453. The number of aliphatic hydroxyl groups excluding tert-OH is 1. The molecule has 42 heavy (non-hydrogen) atoms. The molecule has 0 radical (unpaired) electrons. The van der Waals surface area contributed by atoms with Gasteiger partial charge in [-0.05, 0) is 54.8 Å². The Hall–Kier alpha value is -3.43. The minimum Gasteiger partial charge on any atom is -0.457 e. The van der Waals surface area contributed by atoms with Gasteiger partial charge in [0.25, 0.3) is 0 Å². The first-order valence-electron chi connectivity index (χ1n) is 15.2. The van der Waals surface area contributed by atoms with Gasteiger partial charge in [0.15, 0.2) is 0 Å². The number of ether oxygens (including phenoxy) is 3. The van der Waals surface area contributed by atoms with Gasteiger partial charge in [0, 0.05) is 51.0 Å². The van der Waals surface area contributed by atoms with Gasteiger partial charge in [-0.25, -0.2) is 0 Å². The van der Waals surface area contributed by atoms with Crippen molar-refractivity contribution >= 4 is 11.6 Å². The number of carbonyl (C=O) groups is 1. The van der Waals surface area contributed by atoms with Crippen molar-refractivity contribution in [2.75, 3.05) is 50.8 Å². The zero-order valence-corrected chi connectivity index (χ0v) is 24.1. The Morgan fingerprint density at radius 3 is 2.26 bits per heavy atom. The van der Waals surface area contributed by atoms with E-state index >= 15 is 0 Å². The molecule has 0 aliphatic carbocycles. The lowest BCUT2D eigenvalue weighted by Gasteiger charge is -2.45. The van der Waals surface area contributed by atoms with Crippen LogP contribution in [-0.2, 0) is 20.8 Å². The van der Waals surface area contributed by atoms with Crippen molar-refractivity contribution in [2.24, 2.45) is 0 Å². The van der Waals surface area contributed by atoms with Gasteiger partial charge in [-0.2, -0.15) is 0 Å². The second-order valence-corrected chi connectivity index (χ2v) is 11.5. The molecule has 3 fully saturated rings. The van der Waals surface area contributed by atoms with Crippen LogP contribution in [0.1, 0.15) is 24.8 Å². The number of anilines is 1. The molecule has 1 amide bonds. The van der Waals surface area contributed by atoms with Crippen LogP contribution in [0.15, 0.2) is 84.9 Å². The van der Waals surface area contributed by atoms with Gasteiger partial charge in [-0.15, -0.1) is 0 Å². The number of rotatable bonds is 7. The van der Waals surface area contributed by atoms with Crippen LogP contribution in [0.3, 0.4) is 0 Å². The maximum atomic E-state index is 13.2. The predicted molar refractivity (Wildman–Crippen MR) is 162 cm³/mol. The molecule has 3 heterocycles. The zero-order chi connectivity index (χ0) is 28.7. The summed E-state index contributed by atoms with van der Waals surface area (Å²) in [6.45, 7) is 5.06. The lowest BCUT2D eigenvalue weighted by atomic mass is 9.94. The molecule has 222 valence electrons. The first kappa shape index (κ1) is 28.7. The highest BCUT2D eigenvalue weighted by molar-refractivity contribution is 5.77. The topological polar surface area (TPSA) is 74.7 Å². The second kappa shape index (κ2) is 13.7. The van der Waals surface area contributed by atoms with E-state index in [1.807, 2.05) is 53.4 Å². The normalized spacial score (nSPS) is 25.3. The molecule has 3 aromatic rings. The van der Waals surface area contributed by atoms with Crippen LogP contribution in [-0.4, -0.2) is 91.1 Å². The van der Waals surface area contributed by atoms with Gasteiger partial charge < -0.3 is 29.1 Å². The monoisotopic (exact) mass is 571 g/mol. The SMILES string of the molecule is O=C(C[C@@H]1CC[C@@H]2[C@H](COC[C@@H](O)CN2Cc2ccc(Oc3ccccc3)cc2)O1)N1CCN(c2ccccc2)CC1. The van der Waals surface area contributed by atoms with E-state index in [4.69, 9.17) is 14.2 Å². The number of carbonyl (C=O) groups excluding carboxylic acids is 1. The minimum atomic E-state index is -0.555. The number of hydrogen-bond acceptors (Lipinski definition) is 7. The van der Waals surface area contributed by atoms with E-state index in [0.717, 1.165) is 56.1 Å². The summed E-state index contributed by atoms with van der Waals surface area (Å²) >= 11 is 0. The van der Waals surface area contributed by atoms with Gasteiger partial charge >= 0.3 is 0 Å². The molecule has 3 aliphatic heterocycles. The predicted octanol–water partition coefficient (Wildman–Crippen LogP) is 4.33. The Balaban J connectivity index is 1.03. The van der Waals surface area contributed by atoms with Crippen molar-refractivity contribution in [3.63, 3.8) is 0 Å². The third-order valence-electron chi connectivity index (χ3n) is 8.53.